The van der Waals surface area contributed by atoms with Gasteiger partial charge < -0.3 is 10.2 Å². The lowest BCUT2D eigenvalue weighted by Gasteiger charge is -2.32. The van der Waals surface area contributed by atoms with E-state index in [4.69, 9.17) is 0 Å². The van der Waals surface area contributed by atoms with Crippen LogP contribution < -0.4 is 5.32 Å². The molecular formula is C18H25N3O2. The van der Waals surface area contributed by atoms with Crippen molar-refractivity contribution in [3.8, 4) is 0 Å². The van der Waals surface area contributed by atoms with Crippen LogP contribution >= 0.6 is 0 Å². The van der Waals surface area contributed by atoms with Gasteiger partial charge in [0.15, 0.2) is 0 Å². The van der Waals surface area contributed by atoms with E-state index in [1.165, 1.54) is 12.8 Å². The van der Waals surface area contributed by atoms with Crippen LogP contribution in [0.15, 0.2) is 24.5 Å². The van der Waals surface area contributed by atoms with Crippen LogP contribution in [0.1, 0.15) is 48.9 Å². The molecule has 0 atom stereocenters. The van der Waals surface area contributed by atoms with E-state index in [0.717, 1.165) is 45.3 Å². The molecule has 0 aromatic carbocycles. The average Bonchev–Trinajstić information content (AvgIpc) is 3.15. The number of carbonyl (C=O) groups is 2. The van der Waals surface area contributed by atoms with Gasteiger partial charge in [0.05, 0.1) is 5.56 Å². The van der Waals surface area contributed by atoms with Crippen molar-refractivity contribution in [1.82, 2.24) is 15.2 Å². The number of pyridine rings is 1. The topological polar surface area (TPSA) is 62.3 Å². The zero-order chi connectivity index (χ0) is 16.1. The highest BCUT2D eigenvalue weighted by Crippen LogP contribution is 2.25. The first-order valence-electron chi connectivity index (χ1n) is 8.71. The zero-order valence-corrected chi connectivity index (χ0v) is 13.5. The molecule has 23 heavy (non-hydrogen) atoms. The second kappa shape index (κ2) is 7.57. The third-order valence-corrected chi connectivity index (χ3v) is 5.10. The van der Waals surface area contributed by atoms with Crippen molar-refractivity contribution >= 4 is 11.8 Å². The molecule has 1 saturated heterocycles. The first-order valence-corrected chi connectivity index (χ1v) is 8.71. The summed E-state index contributed by atoms with van der Waals surface area (Å²) < 4.78 is 0. The van der Waals surface area contributed by atoms with Gasteiger partial charge in [0.2, 0.25) is 5.91 Å². The molecule has 0 bridgehead atoms. The summed E-state index contributed by atoms with van der Waals surface area (Å²) in [6.45, 7) is 2.28. The molecule has 2 heterocycles. The average molecular weight is 315 g/mol. The summed E-state index contributed by atoms with van der Waals surface area (Å²) in [6, 6.07) is 3.60. The molecule has 5 heteroatoms. The summed E-state index contributed by atoms with van der Waals surface area (Å²) in [4.78, 5) is 30.3. The number of aromatic nitrogens is 1. The van der Waals surface area contributed by atoms with Gasteiger partial charge in [-0.1, -0.05) is 12.8 Å². The number of piperidine rings is 1. The molecule has 1 aromatic rings. The Balaban J connectivity index is 1.41. The Hall–Kier alpha value is -1.91. The summed E-state index contributed by atoms with van der Waals surface area (Å²) in [6.07, 6.45) is 9.67. The van der Waals surface area contributed by atoms with Gasteiger partial charge in [0.1, 0.15) is 0 Å². The Morgan fingerprint density at radius 2 is 1.91 bits per heavy atom. The lowest BCUT2D eigenvalue weighted by Crippen LogP contribution is -2.42. The summed E-state index contributed by atoms with van der Waals surface area (Å²) >= 11 is 0. The fourth-order valence-corrected chi connectivity index (χ4v) is 3.59. The lowest BCUT2D eigenvalue weighted by atomic mass is 9.96. The van der Waals surface area contributed by atoms with Crippen molar-refractivity contribution < 1.29 is 9.59 Å². The number of rotatable bonds is 4. The van der Waals surface area contributed by atoms with Gasteiger partial charge in [-0.15, -0.1) is 0 Å². The van der Waals surface area contributed by atoms with Crippen LogP contribution in [-0.4, -0.2) is 41.3 Å². The predicted molar refractivity (Wildman–Crippen MR) is 87.8 cm³/mol. The van der Waals surface area contributed by atoms with Crippen molar-refractivity contribution in [3.05, 3.63) is 30.1 Å². The van der Waals surface area contributed by atoms with Crippen molar-refractivity contribution in [2.75, 3.05) is 19.6 Å². The molecule has 3 rings (SSSR count). The van der Waals surface area contributed by atoms with E-state index in [1.807, 2.05) is 11.0 Å². The van der Waals surface area contributed by atoms with Crippen LogP contribution in [0.4, 0.5) is 0 Å². The van der Waals surface area contributed by atoms with Gasteiger partial charge in [-0.2, -0.15) is 0 Å². The largest absolute Gasteiger partial charge is 0.356 e. The summed E-state index contributed by atoms with van der Waals surface area (Å²) in [5.74, 6) is 1.02. The number of amides is 2. The van der Waals surface area contributed by atoms with Gasteiger partial charge in [-0.3, -0.25) is 14.6 Å². The molecule has 124 valence electrons. The number of nitrogens with one attached hydrogen (secondary N) is 1. The maximum Gasteiger partial charge on any atom is 0.255 e. The molecule has 5 nitrogen and oxygen atoms in total. The third-order valence-electron chi connectivity index (χ3n) is 5.10. The summed E-state index contributed by atoms with van der Waals surface area (Å²) in [5, 5.41) is 3.12. The predicted octanol–water partition coefficient (Wildman–Crippen LogP) is 2.24. The molecule has 2 amide bonds. The third kappa shape index (κ3) is 4.09. The monoisotopic (exact) mass is 315 g/mol. The van der Waals surface area contributed by atoms with Gasteiger partial charge in [-0.05, 0) is 43.7 Å². The molecule has 0 unspecified atom stereocenters. The SMILES string of the molecule is O=C(NCC1CCN(C(=O)c2cccnc2)CC1)C1CCCC1. The minimum absolute atomic E-state index is 0.0616. The van der Waals surface area contributed by atoms with E-state index in [9.17, 15) is 9.59 Å². The van der Waals surface area contributed by atoms with E-state index >= 15 is 0 Å². The molecule has 2 fully saturated rings. The smallest absolute Gasteiger partial charge is 0.255 e. The maximum absolute atomic E-state index is 12.4. The highest BCUT2D eigenvalue weighted by molar-refractivity contribution is 5.93. The van der Waals surface area contributed by atoms with E-state index in [1.54, 1.807) is 18.5 Å². The quantitative estimate of drug-likeness (QED) is 0.927. The highest BCUT2D eigenvalue weighted by atomic mass is 16.2. The minimum atomic E-state index is 0.0616. The molecule has 0 radical (unpaired) electrons. The van der Waals surface area contributed by atoms with Crippen LogP contribution in [0.5, 0.6) is 0 Å². The number of hydrogen-bond donors (Lipinski definition) is 1. The maximum atomic E-state index is 12.4. The molecule has 1 aliphatic carbocycles. The molecule has 0 spiro atoms. The minimum Gasteiger partial charge on any atom is -0.356 e. The molecule has 1 saturated carbocycles. The Labute approximate surface area is 137 Å². The fraction of sp³-hybridized carbons (Fsp3) is 0.611. The normalized spacial score (nSPS) is 19.7. The van der Waals surface area contributed by atoms with Crippen molar-refractivity contribution in [2.24, 2.45) is 11.8 Å². The number of nitrogens with zero attached hydrogens (tertiary/aromatic N) is 2. The van der Waals surface area contributed by atoms with Crippen LogP contribution in [-0.2, 0) is 4.79 Å². The van der Waals surface area contributed by atoms with Crippen molar-refractivity contribution in [2.45, 2.75) is 38.5 Å². The first-order chi connectivity index (χ1) is 11.2. The number of hydrogen-bond acceptors (Lipinski definition) is 3. The van der Waals surface area contributed by atoms with E-state index in [-0.39, 0.29) is 17.7 Å². The molecule has 1 N–H and O–H groups in total. The second-order valence-electron chi connectivity index (χ2n) is 6.70. The lowest BCUT2D eigenvalue weighted by molar-refractivity contribution is -0.125. The molecule has 1 aromatic heterocycles. The Morgan fingerprint density at radius 3 is 2.57 bits per heavy atom. The summed E-state index contributed by atoms with van der Waals surface area (Å²) in [7, 11) is 0. The summed E-state index contributed by atoms with van der Waals surface area (Å²) in [5.41, 5.74) is 0.653. The van der Waals surface area contributed by atoms with Gasteiger partial charge in [-0.25, -0.2) is 0 Å². The Morgan fingerprint density at radius 1 is 1.17 bits per heavy atom. The van der Waals surface area contributed by atoms with Crippen LogP contribution in [0.25, 0.3) is 0 Å². The van der Waals surface area contributed by atoms with Gasteiger partial charge >= 0.3 is 0 Å². The van der Waals surface area contributed by atoms with Crippen LogP contribution in [0.3, 0.4) is 0 Å². The van der Waals surface area contributed by atoms with Gasteiger partial charge in [0, 0.05) is 37.9 Å². The molecule has 1 aliphatic heterocycles. The Kier molecular flexibility index (Phi) is 5.26. The number of carbonyl (C=O) groups excluding carboxylic acids is 2. The fourth-order valence-electron chi connectivity index (χ4n) is 3.59. The van der Waals surface area contributed by atoms with E-state index in [2.05, 4.69) is 10.3 Å². The standard InChI is InChI=1S/C18H25N3O2/c22-17(15-4-1-2-5-15)20-12-14-7-10-21(11-8-14)18(23)16-6-3-9-19-13-16/h3,6,9,13-15H,1-2,4-5,7-8,10-12H2,(H,20,22). The number of likely N-dealkylation sites (tertiary alicyclic amines) is 1. The van der Waals surface area contributed by atoms with Gasteiger partial charge in [0.25, 0.3) is 5.91 Å². The van der Waals surface area contributed by atoms with Crippen molar-refractivity contribution in [3.63, 3.8) is 0 Å². The molecular weight excluding hydrogens is 290 g/mol. The highest BCUT2D eigenvalue weighted by Gasteiger charge is 2.26. The van der Waals surface area contributed by atoms with E-state index < -0.39 is 0 Å². The van der Waals surface area contributed by atoms with Crippen LogP contribution in [0.2, 0.25) is 0 Å². The Bertz CT molecular complexity index is 532. The zero-order valence-electron chi connectivity index (χ0n) is 13.5. The second-order valence-corrected chi connectivity index (χ2v) is 6.70. The molecule has 2 aliphatic rings. The first kappa shape index (κ1) is 16.0. The van der Waals surface area contributed by atoms with Crippen LogP contribution in [0, 0.1) is 11.8 Å². The van der Waals surface area contributed by atoms with E-state index in [0.29, 0.717) is 11.5 Å². The van der Waals surface area contributed by atoms with Crippen molar-refractivity contribution in [1.29, 1.82) is 0 Å².